The molecule has 0 aliphatic heterocycles. The molecule has 0 atom stereocenters. The number of hydrogen-bond acceptors (Lipinski definition) is 1. The second kappa shape index (κ2) is 24.1. The first-order valence-electron chi connectivity index (χ1n) is 20.0. The number of aryl methyl sites for hydroxylation is 3. The predicted octanol–water partition coefficient (Wildman–Crippen LogP) is 13.2. The van der Waals surface area contributed by atoms with Gasteiger partial charge < -0.3 is 4.57 Å². The lowest BCUT2D eigenvalue weighted by Gasteiger charge is -2.27. The molecule has 0 aliphatic carbocycles. The summed E-state index contributed by atoms with van der Waals surface area (Å²) < 4.78 is 16.3. The van der Waals surface area contributed by atoms with Crippen molar-refractivity contribution in [1.82, 2.24) is 0 Å². The second-order valence-corrected chi connectivity index (χ2v) is 16.8. The molecule has 0 aromatic heterocycles. The minimum Gasteiger partial charge on any atom is -0.309 e. The zero-order valence-electron chi connectivity index (χ0n) is 30.8. The molecule has 0 saturated heterocycles. The maximum Gasteiger partial charge on any atom is 0.171 e. The van der Waals surface area contributed by atoms with Crippen LogP contribution in [0.2, 0.25) is 0 Å². The van der Waals surface area contributed by atoms with Gasteiger partial charge in [0.25, 0.3) is 0 Å². The van der Waals surface area contributed by atoms with Gasteiger partial charge in [0.2, 0.25) is 0 Å². The van der Waals surface area contributed by atoms with Crippen molar-refractivity contribution in [1.29, 1.82) is 0 Å². The van der Waals surface area contributed by atoms with Crippen molar-refractivity contribution < 1.29 is 4.57 Å². The van der Waals surface area contributed by atoms with Gasteiger partial charge in [0.1, 0.15) is 0 Å². The molecule has 0 heterocycles. The van der Waals surface area contributed by atoms with Crippen LogP contribution in [0, 0.1) is 0 Å². The highest BCUT2D eigenvalue weighted by molar-refractivity contribution is 7.85. The molecule has 0 unspecified atom stereocenters. The van der Waals surface area contributed by atoms with Crippen molar-refractivity contribution in [3.63, 3.8) is 0 Å². The van der Waals surface area contributed by atoms with E-state index in [-0.39, 0.29) is 0 Å². The quantitative estimate of drug-likeness (QED) is 0.0589. The fourth-order valence-corrected chi connectivity index (χ4v) is 10.7. The summed E-state index contributed by atoms with van der Waals surface area (Å²) in [5.74, 6) is 0. The van der Waals surface area contributed by atoms with E-state index in [0.29, 0.717) is 0 Å². The highest BCUT2D eigenvalue weighted by atomic mass is 31.2. The fourth-order valence-electron chi connectivity index (χ4n) is 7.30. The Labute approximate surface area is 291 Å². The molecular weight excluding hydrogens is 587 g/mol. The summed E-state index contributed by atoms with van der Waals surface area (Å²) in [5.41, 5.74) is 3.88. The van der Waals surface area contributed by atoms with Crippen LogP contribution in [-0.4, -0.2) is 0 Å². The molecule has 260 valence electrons. The van der Waals surface area contributed by atoms with Crippen LogP contribution in [0.3, 0.4) is 0 Å². The normalized spacial score (nSPS) is 11.7. The average molecular weight is 657 g/mol. The zero-order valence-corrected chi connectivity index (χ0v) is 31.6. The van der Waals surface area contributed by atoms with Crippen molar-refractivity contribution in [2.24, 2.45) is 0 Å². The van der Waals surface area contributed by atoms with Gasteiger partial charge in [-0.05, 0) is 55.2 Å². The van der Waals surface area contributed by atoms with Gasteiger partial charge in [-0.3, -0.25) is 0 Å². The van der Waals surface area contributed by atoms with Crippen LogP contribution in [0.1, 0.15) is 172 Å². The van der Waals surface area contributed by atoms with E-state index in [9.17, 15) is 0 Å². The van der Waals surface area contributed by atoms with Gasteiger partial charge in [0, 0.05) is 15.9 Å². The maximum atomic E-state index is 16.3. The highest BCUT2D eigenvalue weighted by Gasteiger charge is 2.35. The van der Waals surface area contributed by atoms with Crippen molar-refractivity contribution in [3.8, 4) is 0 Å². The van der Waals surface area contributed by atoms with E-state index in [2.05, 4.69) is 93.6 Å². The first-order valence-corrected chi connectivity index (χ1v) is 21.7. The van der Waals surface area contributed by atoms with Crippen molar-refractivity contribution >= 4 is 23.1 Å². The Morgan fingerprint density at radius 1 is 0.340 bits per heavy atom. The van der Waals surface area contributed by atoms with E-state index in [1.165, 1.54) is 152 Å². The van der Waals surface area contributed by atoms with Gasteiger partial charge >= 0.3 is 0 Å². The first kappa shape index (κ1) is 39.3. The second-order valence-electron chi connectivity index (χ2n) is 14.1. The summed E-state index contributed by atoms with van der Waals surface area (Å²) in [5, 5.41) is 3.26. The lowest BCUT2D eigenvalue weighted by molar-refractivity contribution is 0.585. The number of unbranched alkanes of at least 4 members (excludes halogenated alkanes) is 18. The Morgan fingerprint density at radius 2 is 0.574 bits per heavy atom. The Kier molecular flexibility index (Phi) is 20.2. The van der Waals surface area contributed by atoms with E-state index in [1.54, 1.807) is 0 Å². The maximum absolute atomic E-state index is 16.3. The molecule has 0 bridgehead atoms. The van der Waals surface area contributed by atoms with E-state index < -0.39 is 7.14 Å². The molecule has 0 saturated carbocycles. The Balaban J connectivity index is 1.92. The van der Waals surface area contributed by atoms with Crippen molar-refractivity contribution in [2.75, 3.05) is 0 Å². The molecule has 3 rings (SSSR count). The Morgan fingerprint density at radius 3 is 0.851 bits per heavy atom. The van der Waals surface area contributed by atoms with Crippen molar-refractivity contribution in [2.45, 2.75) is 175 Å². The van der Waals surface area contributed by atoms with Crippen LogP contribution in [0.25, 0.3) is 0 Å². The van der Waals surface area contributed by atoms with Gasteiger partial charge in [0.05, 0.1) is 0 Å². The van der Waals surface area contributed by atoms with Crippen molar-refractivity contribution in [3.05, 3.63) is 89.5 Å². The van der Waals surface area contributed by atoms with E-state index >= 15 is 4.57 Å². The van der Waals surface area contributed by atoms with Gasteiger partial charge in [-0.15, -0.1) is 0 Å². The van der Waals surface area contributed by atoms with Gasteiger partial charge in [-0.1, -0.05) is 209 Å². The topological polar surface area (TPSA) is 17.1 Å². The third kappa shape index (κ3) is 13.4. The molecule has 0 fully saturated rings. The van der Waals surface area contributed by atoms with E-state index in [4.69, 9.17) is 0 Å². The summed E-state index contributed by atoms with van der Waals surface area (Å²) in [4.78, 5) is 0. The van der Waals surface area contributed by atoms with Crippen LogP contribution in [-0.2, 0) is 23.8 Å². The number of benzene rings is 3. The van der Waals surface area contributed by atoms with Crippen LogP contribution in [0.15, 0.2) is 72.8 Å². The number of hydrogen-bond donors (Lipinski definition) is 0. The monoisotopic (exact) mass is 657 g/mol. The van der Waals surface area contributed by atoms with E-state index in [1.807, 2.05) is 0 Å². The lowest BCUT2D eigenvalue weighted by atomic mass is 10.0. The summed E-state index contributed by atoms with van der Waals surface area (Å²) in [6, 6.07) is 26.4. The zero-order chi connectivity index (χ0) is 33.4. The summed E-state index contributed by atoms with van der Waals surface area (Å²) >= 11 is 0. The standard InChI is InChI=1S/C45H69OP/c1-4-7-10-13-16-19-22-31-40-34-25-28-37-43(40)47(46,44-38-29-26-35-41(44)32-23-20-17-14-11-8-5-2)45-39-30-27-36-42(45)33-24-21-18-15-12-9-6-3/h25-30,34-39H,4-24,31-33H2,1-3H3. The van der Waals surface area contributed by atoms with Crippen LogP contribution in [0.4, 0.5) is 0 Å². The molecule has 47 heavy (non-hydrogen) atoms. The molecular formula is C45H69OP. The third-order valence-electron chi connectivity index (χ3n) is 10.1. The smallest absolute Gasteiger partial charge is 0.171 e. The van der Waals surface area contributed by atoms with Crippen LogP contribution >= 0.6 is 7.14 Å². The van der Waals surface area contributed by atoms with E-state index in [0.717, 1.165) is 35.2 Å². The van der Waals surface area contributed by atoms with Crippen LogP contribution < -0.4 is 15.9 Å². The minimum absolute atomic E-state index is 1.01. The van der Waals surface area contributed by atoms with Gasteiger partial charge in [0.15, 0.2) is 7.14 Å². The molecule has 0 amide bonds. The molecule has 2 heteroatoms. The predicted molar refractivity (Wildman–Crippen MR) is 211 cm³/mol. The van der Waals surface area contributed by atoms with Gasteiger partial charge in [-0.25, -0.2) is 0 Å². The average Bonchev–Trinajstić information content (AvgIpc) is 3.10. The molecule has 0 radical (unpaired) electrons. The van der Waals surface area contributed by atoms with Crippen LogP contribution in [0.5, 0.6) is 0 Å². The Bertz CT molecular complexity index is 1120. The summed E-state index contributed by atoms with van der Waals surface area (Å²) in [6.07, 6.45) is 30.2. The number of rotatable bonds is 27. The largest absolute Gasteiger partial charge is 0.309 e. The molecule has 3 aromatic rings. The fraction of sp³-hybridized carbons (Fsp3) is 0.600. The molecule has 0 spiro atoms. The lowest BCUT2D eigenvalue weighted by Crippen LogP contribution is -2.31. The highest BCUT2D eigenvalue weighted by Crippen LogP contribution is 2.46. The summed E-state index contributed by atoms with van der Waals surface area (Å²) in [7, 11) is -3.10. The molecule has 1 nitrogen and oxygen atoms in total. The molecule has 3 aromatic carbocycles. The SMILES string of the molecule is CCCCCCCCCc1ccccc1P(=O)(c1ccccc1CCCCCCCCC)c1ccccc1CCCCCCCCC. The molecule has 0 N–H and O–H groups in total. The summed E-state index contributed by atoms with van der Waals surface area (Å²) in [6.45, 7) is 6.86. The van der Waals surface area contributed by atoms with Gasteiger partial charge in [-0.2, -0.15) is 0 Å². The molecule has 0 aliphatic rings. The third-order valence-corrected chi connectivity index (χ3v) is 13.5. The Hall–Kier alpha value is -2.11. The minimum atomic E-state index is -3.10. The first-order chi connectivity index (χ1) is 23.2.